The van der Waals surface area contributed by atoms with Crippen LogP contribution in [0.2, 0.25) is 0 Å². The van der Waals surface area contributed by atoms with Gasteiger partial charge in [0, 0.05) is 20.2 Å². The fraction of sp³-hybridized carbons (Fsp3) is 0.571. The summed E-state index contributed by atoms with van der Waals surface area (Å²) in [5.74, 6) is 0. The molecule has 0 fully saturated rings. The highest BCUT2D eigenvalue weighted by molar-refractivity contribution is 5.35. The van der Waals surface area contributed by atoms with E-state index in [2.05, 4.69) is 23.5 Å². The van der Waals surface area contributed by atoms with E-state index in [0.29, 0.717) is 13.2 Å². The van der Waals surface area contributed by atoms with Crippen LogP contribution in [0.1, 0.15) is 23.1 Å². The minimum absolute atomic E-state index is 0.386. The molecular weight excluding hydrogens is 214 g/mol. The first-order valence-electron chi connectivity index (χ1n) is 6.28. The number of hydrogen-bond acceptors (Lipinski definition) is 3. The first-order valence-corrected chi connectivity index (χ1v) is 6.28. The Morgan fingerprint density at radius 1 is 1.35 bits per heavy atom. The van der Waals surface area contributed by atoms with Crippen LogP contribution >= 0.6 is 0 Å². The number of hydrogen-bond donors (Lipinski definition) is 2. The summed E-state index contributed by atoms with van der Waals surface area (Å²) in [5, 5.41) is 12.7. The lowest BCUT2D eigenvalue weighted by molar-refractivity contribution is 0.0644. The molecule has 0 bridgehead atoms. The van der Waals surface area contributed by atoms with Gasteiger partial charge in [-0.3, -0.25) is 0 Å². The average molecular weight is 235 g/mol. The van der Waals surface area contributed by atoms with Crippen molar-refractivity contribution in [3.63, 3.8) is 0 Å². The van der Waals surface area contributed by atoms with E-state index in [4.69, 9.17) is 4.74 Å². The Kier molecular flexibility index (Phi) is 4.54. The molecule has 0 heterocycles. The fourth-order valence-corrected chi connectivity index (χ4v) is 2.37. The monoisotopic (exact) mass is 235 g/mol. The highest BCUT2D eigenvalue weighted by Gasteiger charge is 2.10. The zero-order chi connectivity index (χ0) is 12.1. The summed E-state index contributed by atoms with van der Waals surface area (Å²) in [6.45, 7) is 1.77. The first kappa shape index (κ1) is 12.6. The van der Waals surface area contributed by atoms with Gasteiger partial charge in [0.1, 0.15) is 0 Å². The molecular formula is C14H21NO2. The molecule has 94 valence electrons. The standard InChI is InChI=1S/C14H21NO2/c1-17-10-14(16)9-15-8-11-5-6-12-3-2-4-13(12)7-11/h5-7,14-16H,2-4,8-10H2,1H3. The van der Waals surface area contributed by atoms with Crippen LogP contribution < -0.4 is 5.32 Å². The molecule has 0 saturated carbocycles. The topological polar surface area (TPSA) is 41.5 Å². The molecule has 1 atom stereocenters. The minimum atomic E-state index is -0.422. The zero-order valence-corrected chi connectivity index (χ0v) is 10.4. The maximum absolute atomic E-state index is 9.49. The van der Waals surface area contributed by atoms with Gasteiger partial charge >= 0.3 is 0 Å². The molecule has 1 unspecified atom stereocenters. The number of aryl methyl sites for hydroxylation is 2. The Balaban J connectivity index is 1.79. The predicted molar refractivity (Wildman–Crippen MR) is 68.1 cm³/mol. The quantitative estimate of drug-likeness (QED) is 0.780. The molecule has 3 nitrogen and oxygen atoms in total. The third-order valence-electron chi connectivity index (χ3n) is 3.23. The highest BCUT2D eigenvalue weighted by Crippen LogP contribution is 2.22. The molecule has 1 aromatic carbocycles. The van der Waals surface area contributed by atoms with Gasteiger partial charge in [0.15, 0.2) is 0 Å². The summed E-state index contributed by atoms with van der Waals surface area (Å²) in [6.07, 6.45) is 3.32. The molecule has 0 saturated heterocycles. The summed E-state index contributed by atoms with van der Waals surface area (Å²) in [4.78, 5) is 0. The summed E-state index contributed by atoms with van der Waals surface area (Å²) in [7, 11) is 1.60. The van der Waals surface area contributed by atoms with E-state index in [1.54, 1.807) is 7.11 Å². The highest BCUT2D eigenvalue weighted by atomic mass is 16.5. The van der Waals surface area contributed by atoms with Crippen LogP contribution in [0.5, 0.6) is 0 Å². The van der Waals surface area contributed by atoms with Crippen molar-refractivity contribution in [1.82, 2.24) is 5.32 Å². The molecule has 0 aromatic heterocycles. The zero-order valence-electron chi connectivity index (χ0n) is 10.4. The maximum Gasteiger partial charge on any atom is 0.0897 e. The molecule has 1 aliphatic carbocycles. The SMILES string of the molecule is COCC(O)CNCc1ccc2c(c1)CCC2. The van der Waals surface area contributed by atoms with Crippen molar-refractivity contribution >= 4 is 0 Å². The Morgan fingerprint density at radius 2 is 2.18 bits per heavy atom. The van der Waals surface area contributed by atoms with Gasteiger partial charge in [0.2, 0.25) is 0 Å². The number of ether oxygens (including phenoxy) is 1. The molecule has 2 rings (SSSR count). The van der Waals surface area contributed by atoms with Crippen molar-refractivity contribution in [3.05, 3.63) is 34.9 Å². The van der Waals surface area contributed by atoms with E-state index in [1.165, 1.54) is 36.0 Å². The van der Waals surface area contributed by atoms with E-state index in [1.807, 2.05) is 0 Å². The summed E-state index contributed by atoms with van der Waals surface area (Å²) >= 11 is 0. The Morgan fingerprint density at radius 3 is 3.00 bits per heavy atom. The maximum atomic E-state index is 9.49. The number of methoxy groups -OCH3 is 1. The number of nitrogens with one attached hydrogen (secondary N) is 1. The lowest BCUT2D eigenvalue weighted by atomic mass is 10.1. The average Bonchev–Trinajstić information content (AvgIpc) is 2.76. The molecule has 3 heteroatoms. The van der Waals surface area contributed by atoms with Crippen LogP contribution in [0.3, 0.4) is 0 Å². The van der Waals surface area contributed by atoms with Crippen molar-refractivity contribution in [1.29, 1.82) is 0 Å². The van der Waals surface area contributed by atoms with Gasteiger partial charge in [-0.2, -0.15) is 0 Å². The normalized spacial score (nSPS) is 15.9. The fourth-order valence-electron chi connectivity index (χ4n) is 2.37. The van der Waals surface area contributed by atoms with Crippen LogP contribution in [-0.2, 0) is 24.1 Å². The minimum Gasteiger partial charge on any atom is -0.389 e. The largest absolute Gasteiger partial charge is 0.389 e. The second-order valence-electron chi connectivity index (χ2n) is 4.70. The van der Waals surface area contributed by atoms with Crippen molar-refractivity contribution < 1.29 is 9.84 Å². The predicted octanol–water partition coefficient (Wildman–Crippen LogP) is 1.27. The number of aliphatic hydroxyl groups excluding tert-OH is 1. The van der Waals surface area contributed by atoms with Crippen molar-refractivity contribution in [2.24, 2.45) is 0 Å². The van der Waals surface area contributed by atoms with E-state index in [-0.39, 0.29) is 0 Å². The van der Waals surface area contributed by atoms with Crippen LogP contribution in [0, 0.1) is 0 Å². The van der Waals surface area contributed by atoms with Gasteiger partial charge < -0.3 is 15.2 Å². The first-order chi connectivity index (χ1) is 8.29. The third-order valence-corrected chi connectivity index (χ3v) is 3.23. The Hall–Kier alpha value is -0.900. The van der Waals surface area contributed by atoms with Crippen LogP contribution in [0.25, 0.3) is 0 Å². The molecule has 1 aliphatic rings. The van der Waals surface area contributed by atoms with E-state index in [9.17, 15) is 5.11 Å². The molecule has 0 aliphatic heterocycles. The molecule has 0 spiro atoms. The van der Waals surface area contributed by atoms with Crippen molar-refractivity contribution in [2.45, 2.75) is 31.9 Å². The molecule has 1 aromatic rings. The summed E-state index contributed by atoms with van der Waals surface area (Å²) < 4.78 is 4.88. The van der Waals surface area contributed by atoms with Crippen LogP contribution in [0.15, 0.2) is 18.2 Å². The van der Waals surface area contributed by atoms with E-state index >= 15 is 0 Å². The van der Waals surface area contributed by atoms with Gasteiger partial charge in [0.25, 0.3) is 0 Å². The second kappa shape index (κ2) is 6.15. The summed E-state index contributed by atoms with van der Waals surface area (Å²) in [5.41, 5.74) is 4.31. The lowest BCUT2D eigenvalue weighted by Crippen LogP contribution is -2.29. The third kappa shape index (κ3) is 3.53. The van der Waals surface area contributed by atoms with Gasteiger partial charge in [-0.25, -0.2) is 0 Å². The van der Waals surface area contributed by atoms with Crippen LogP contribution in [-0.4, -0.2) is 31.5 Å². The van der Waals surface area contributed by atoms with E-state index < -0.39 is 6.10 Å². The summed E-state index contributed by atoms with van der Waals surface area (Å²) in [6, 6.07) is 6.71. The van der Waals surface area contributed by atoms with Crippen LogP contribution in [0.4, 0.5) is 0 Å². The molecule has 2 N–H and O–H groups in total. The Bertz CT molecular complexity index is 365. The molecule has 0 amide bonds. The molecule has 0 radical (unpaired) electrons. The van der Waals surface area contributed by atoms with Gasteiger partial charge in [-0.1, -0.05) is 18.2 Å². The lowest BCUT2D eigenvalue weighted by Gasteiger charge is -2.11. The van der Waals surface area contributed by atoms with Crippen molar-refractivity contribution in [3.8, 4) is 0 Å². The van der Waals surface area contributed by atoms with E-state index in [0.717, 1.165) is 6.54 Å². The van der Waals surface area contributed by atoms with Gasteiger partial charge in [-0.15, -0.1) is 0 Å². The van der Waals surface area contributed by atoms with Gasteiger partial charge in [0.05, 0.1) is 12.7 Å². The van der Waals surface area contributed by atoms with Crippen molar-refractivity contribution in [2.75, 3.05) is 20.3 Å². The number of fused-ring (bicyclic) bond motifs is 1. The number of benzene rings is 1. The van der Waals surface area contributed by atoms with Gasteiger partial charge in [-0.05, 0) is 36.0 Å². The number of aliphatic hydroxyl groups is 1. The second-order valence-corrected chi connectivity index (χ2v) is 4.70. The Labute approximate surface area is 103 Å². The smallest absolute Gasteiger partial charge is 0.0897 e. The number of rotatable bonds is 6. The molecule has 17 heavy (non-hydrogen) atoms.